The molecule has 0 saturated carbocycles. The van der Waals surface area contributed by atoms with E-state index in [0.717, 1.165) is 18.2 Å². The number of nitrogens with one attached hydrogen (secondary N) is 2. The molecule has 0 aliphatic heterocycles. The Kier molecular flexibility index (Phi) is 7.63. The highest BCUT2D eigenvalue weighted by Gasteiger charge is 2.28. The van der Waals surface area contributed by atoms with E-state index in [-0.39, 0.29) is 27.4 Å². The normalized spacial score (nSPS) is 12.1. The predicted molar refractivity (Wildman–Crippen MR) is 129 cm³/mol. The summed E-state index contributed by atoms with van der Waals surface area (Å²) in [6, 6.07) is 8.71. The molecule has 3 rings (SSSR count). The second kappa shape index (κ2) is 10.3. The molecule has 0 radical (unpaired) electrons. The Labute approximate surface area is 207 Å². The molecule has 0 saturated heterocycles. The number of methoxy groups -OCH3 is 1. The van der Waals surface area contributed by atoms with Gasteiger partial charge in [-0.1, -0.05) is 6.07 Å². The third kappa shape index (κ3) is 5.46. The molecular weight excluding hydrogens is 491 g/mol. The number of esters is 2. The first kappa shape index (κ1) is 26.6. The zero-order valence-electron chi connectivity index (χ0n) is 20.3. The third-order valence-electron chi connectivity index (χ3n) is 5.54. The van der Waals surface area contributed by atoms with E-state index < -0.39 is 39.7 Å². The number of carbonyl (C=O) groups excluding carboxylic acids is 3. The van der Waals surface area contributed by atoms with Crippen molar-refractivity contribution in [3.05, 3.63) is 81.9 Å². The Morgan fingerprint density at radius 2 is 1.64 bits per heavy atom. The number of anilines is 1. The Morgan fingerprint density at radius 3 is 2.25 bits per heavy atom. The number of hydrogen-bond donors (Lipinski definition) is 2. The van der Waals surface area contributed by atoms with E-state index in [4.69, 9.17) is 9.47 Å². The fourth-order valence-corrected chi connectivity index (χ4v) is 4.97. The van der Waals surface area contributed by atoms with Gasteiger partial charge in [0.1, 0.15) is 5.82 Å². The van der Waals surface area contributed by atoms with Crippen LogP contribution in [-0.4, -0.2) is 44.3 Å². The summed E-state index contributed by atoms with van der Waals surface area (Å²) >= 11 is 0. The molecule has 2 N–H and O–H groups in total. The third-order valence-corrected chi connectivity index (χ3v) is 7.06. The van der Waals surface area contributed by atoms with Crippen molar-refractivity contribution in [3.63, 3.8) is 0 Å². The van der Waals surface area contributed by atoms with E-state index in [1.54, 1.807) is 20.8 Å². The number of benzene rings is 2. The van der Waals surface area contributed by atoms with E-state index in [2.05, 4.69) is 9.71 Å². The van der Waals surface area contributed by atoms with Gasteiger partial charge in [0.25, 0.3) is 10.0 Å². The van der Waals surface area contributed by atoms with Gasteiger partial charge < -0.3 is 14.5 Å². The highest BCUT2D eigenvalue weighted by Crippen LogP contribution is 2.23. The first-order chi connectivity index (χ1) is 16.9. The molecule has 0 bridgehead atoms. The fraction of sp³-hybridized carbons (Fsp3) is 0.240. The van der Waals surface area contributed by atoms with Crippen LogP contribution in [0.5, 0.6) is 0 Å². The molecule has 1 unspecified atom stereocenters. The number of ketones is 1. The minimum absolute atomic E-state index is 0.0885. The second-order valence-electron chi connectivity index (χ2n) is 8.12. The smallest absolute Gasteiger partial charge is 0.339 e. The van der Waals surface area contributed by atoms with Crippen molar-refractivity contribution < 1.29 is 36.7 Å². The SMILES string of the molecule is COC(=O)c1c(C)[nH]c(C(=O)C(C)OC(=O)c2ccc(C)c(S(=O)(=O)Nc3ccc(F)cc3)c2)c1C. The van der Waals surface area contributed by atoms with Crippen LogP contribution in [0.15, 0.2) is 47.4 Å². The van der Waals surface area contributed by atoms with Crippen molar-refractivity contribution in [2.45, 2.75) is 38.7 Å². The van der Waals surface area contributed by atoms with Gasteiger partial charge in [-0.25, -0.2) is 22.4 Å². The number of aromatic nitrogens is 1. The van der Waals surface area contributed by atoms with Gasteiger partial charge in [-0.2, -0.15) is 0 Å². The standard InChI is InChI=1S/C25H25FN2O7S/c1-13-6-7-17(12-20(13)36(32,33)28-19-10-8-18(26)9-11-19)24(30)35-16(4)23(29)22-14(2)21(15(3)27-22)25(31)34-5/h6-12,16,27-28H,1-5H3. The van der Waals surface area contributed by atoms with Crippen molar-refractivity contribution in [2.75, 3.05) is 11.8 Å². The van der Waals surface area contributed by atoms with Crippen molar-refractivity contribution in [1.82, 2.24) is 4.98 Å². The van der Waals surface area contributed by atoms with Gasteiger partial charge in [0.05, 0.1) is 28.8 Å². The summed E-state index contributed by atoms with van der Waals surface area (Å²) in [5.74, 6) is -2.61. The Balaban J connectivity index is 1.82. The molecule has 0 spiro atoms. The van der Waals surface area contributed by atoms with E-state index in [1.807, 2.05) is 0 Å². The lowest BCUT2D eigenvalue weighted by Gasteiger charge is -2.14. The van der Waals surface area contributed by atoms with Crippen LogP contribution >= 0.6 is 0 Å². The molecule has 0 fully saturated rings. The quantitative estimate of drug-likeness (QED) is 0.340. The molecule has 0 aliphatic rings. The largest absolute Gasteiger partial charge is 0.465 e. The number of sulfonamides is 1. The van der Waals surface area contributed by atoms with Crippen molar-refractivity contribution in [1.29, 1.82) is 0 Å². The molecule has 0 aliphatic carbocycles. The van der Waals surface area contributed by atoms with Crippen LogP contribution in [0.2, 0.25) is 0 Å². The molecular formula is C25H25FN2O7S. The van der Waals surface area contributed by atoms with Gasteiger partial charge >= 0.3 is 11.9 Å². The topological polar surface area (TPSA) is 132 Å². The zero-order valence-corrected chi connectivity index (χ0v) is 21.1. The summed E-state index contributed by atoms with van der Waals surface area (Å²) in [5.41, 5.74) is 1.54. The second-order valence-corrected chi connectivity index (χ2v) is 9.77. The fourth-order valence-electron chi connectivity index (χ4n) is 3.63. The van der Waals surface area contributed by atoms with E-state index in [9.17, 15) is 27.2 Å². The van der Waals surface area contributed by atoms with Crippen LogP contribution < -0.4 is 4.72 Å². The Bertz CT molecular complexity index is 1440. The summed E-state index contributed by atoms with van der Waals surface area (Å²) < 4.78 is 51.3. The highest BCUT2D eigenvalue weighted by atomic mass is 32.2. The van der Waals surface area contributed by atoms with Crippen LogP contribution in [0.4, 0.5) is 10.1 Å². The predicted octanol–water partition coefficient (Wildman–Crippen LogP) is 4.09. The maximum Gasteiger partial charge on any atom is 0.339 e. The maximum atomic E-state index is 13.1. The number of ether oxygens (including phenoxy) is 2. The molecule has 11 heteroatoms. The monoisotopic (exact) mass is 516 g/mol. The van der Waals surface area contributed by atoms with Crippen molar-refractivity contribution >= 4 is 33.4 Å². The first-order valence-electron chi connectivity index (χ1n) is 10.8. The Hall–Kier alpha value is -3.99. The Morgan fingerprint density at radius 1 is 1.00 bits per heavy atom. The first-order valence-corrected chi connectivity index (χ1v) is 12.3. The lowest BCUT2D eigenvalue weighted by molar-refractivity contribution is 0.0316. The summed E-state index contributed by atoms with van der Waals surface area (Å²) in [5, 5.41) is 0. The number of halogens is 1. The summed E-state index contributed by atoms with van der Waals surface area (Å²) in [6.07, 6.45) is -1.24. The molecule has 36 heavy (non-hydrogen) atoms. The van der Waals surface area contributed by atoms with Crippen LogP contribution in [0, 0.1) is 26.6 Å². The molecule has 1 atom stereocenters. The molecule has 1 aromatic heterocycles. The van der Waals surface area contributed by atoms with E-state index in [0.29, 0.717) is 16.8 Å². The highest BCUT2D eigenvalue weighted by molar-refractivity contribution is 7.92. The van der Waals surface area contributed by atoms with Crippen LogP contribution in [0.1, 0.15) is 54.9 Å². The number of aromatic amines is 1. The summed E-state index contributed by atoms with van der Waals surface area (Å²) in [4.78, 5) is 40.3. The van der Waals surface area contributed by atoms with Crippen LogP contribution in [0.3, 0.4) is 0 Å². The molecule has 0 amide bonds. The lowest BCUT2D eigenvalue weighted by Crippen LogP contribution is -2.25. The molecule has 1 heterocycles. The van der Waals surface area contributed by atoms with Crippen molar-refractivity contribution in [2.24, 2.45) is 0 Å². The average molecular weight is 517 g/mol. The van der Waals surface area contributed by atoms with Gasteiger partial charge in [-0.15, -0.1) is 0 Å². The number of H-pyrrole nitrogens is 1. The molecule has 2 aromatic carbocycles. The van der Waals surface area contributed by atoms with Crippen LogP contribution in [0.25, 0.3) is 0 Å². The number of rotatable bonds is 8. The summed E-state index contributed by atoms with van der Waals surface area (Å²) in [7, 11) is -2.89. The van der Waals surface area contributed by atoms with Crippen molar-refractivity contribution in [3.8, 4) is 0 Å². The van der Waals surface area contributed by atoms with Gasteiger partial charge in [0.2, 0.25) is 5.78 Å². The lowest BCUT2D eigenvalue weighted by atomic mass is 10.1. The van der Waals surface area contributed by atoms with Gasteiger partial charge in [-0.05, 0) is 75.2 Å². The molecule has 9 nitrogen and oxygen atoms in total. The number of hydrogen-bond acceptors (Lipinski definition) is 7. The number of carbonyl (C=O) groups is 3. The average Bonchev–Trinajstić information content (AvgIpc) is 3.13. The number of aryl methyl sites for hydroxylation is 2. The van der Waals surface area contributed by atoms with E-state index in [1.165, 1.54) is 38.3 Å². The minimum Gasteiger partial charge on any atom is -0.465 e. The maximum absolute atomic E-state index is 13.1. The number of Topliss-reactive ketones (excluding diaryl/α,β-unsaturated/α-hetero) is 1. The van der Waals surface area contributed by atoms with Gasteiger partial charge in [-0.3, -0.25) is 9.52 Å². The molecule has 190 valence electrons. The molecule has 3 aromatic rings. The van der Waals surface area contributed by atoms with E-state index >= 15 is 0 Å². The zero-order chi connectivity index (χ0) is 26.8. The minimum atomic E-state index is -4.11. The summed E-state index contributed by atoms with van der Waals surface area (Å²) in [6.45, 7) is 6.11. The van der Waals surface area contributed by atoms with Gasteiger partial charge in [0, 0.05) is 11.4 Å². The van der Waals surface area contributed by atoms with Crippen LogP contribution in [-0.2, 0) is 19.5 Å². The van der Waals surface area contributed by atoms with Gasteiger partial charge in [0.15, 0.2) is 6.10 Å².